The lowest BCUT2D eigenvalue weighted by molar-refractivity contribution is 0.0728. The number of nitrogens with zero attached hydrogens (tertiary/aromatic N) is 7. The van der Waals surface area contributed by atoms with Crippen LogP contribution < -0.4 is 5.32 Å². The lowest BCUT2D eigenvalue weighted by atomic mass is 10.0. The highest BCUT2D eigenvalue weighted by Gasteiger charge is 2.26. The number of carbonyl (C=O) groups is 2. The van der Waals surface area contributed by atoms with Crippen LogP contribution >= 0.6 is 0 Å². The number of hydrogen-bond donors (Lipinski definition) is 1. The molecule has 0 spiro atoms. The highest BCUT2D eigenvalue weighted by atomic mass is 16.2. The van der Waals surface area contributed by atoms with E-state index in [2.05, 4.69) is 42.0 Å². The fourth-order valence-corrected chi connectivity index (χ4v) is 4.79. The van der Waals surface area contributed by atoms with Crippen LogP contribution in [0.15, 0.2) is 54.9 Å². The first-order valence-electron chi connectivity index (χ1n) is 12.0. The molecule has 0 fully saturated rings. The van der Waals surface area contributed by atoms with Crippen molar-refractivity contribution in [3.8, 4) is 11.5 Å². The molecule has 0 unspecified atom stereocenters. The van der Waals surface area contributed by atoms with Crippen molar-refractivity contribution in [3.05, 3.63) is 83.2 Å². The Balaban J connectivity index is 1.20. The van der Waals surface area contributed by atoms with E-state index in [-0.39, 0.29) is 17.5 Å². The van der Waals surface area contributed by atoms with Gasteiger partial charge in [-0.3, -0.25) is 19.6 Å². The second-order valence-electron chi connectivity index (χ2n) is 9.09. The van der Waals surface area contributed by atoms with Crippen molar-refractivity contribution in [1.82, 2.24) is 34.6 Å². The van der Waals surface area contributed by atoms with Gasteiger partial charge in [0.25, 0.3) is 11.8 Å². The smallest absolute Gasteiger partial charge is 0.275 e. The number of rotatable bonds is 4. The summed E-state index contributed by atoms with van der Waals surface area (Å²) >= 11 is 0. The second kappa shape index (κ2) is 8.95. The van der Waals surface area contributed by atoms with Crippen molar-refractivity contribution in [3.63, 3.8) is 0 Å². The van der Waals surface area contributed by atoms with E-state index in [0.29, 0.717) is 48.6 Å². The Morgan fingerprint density at radius 3 is 2.78 bits per heavy atom. The second-order valence-corrected chi connectivity index (χ2v) is 9.09. The van der Waals surface area contributed by atoms with E-state index in [1.54, 1.807) is 47.6 Å². The molecule has 0 saturated carbocycles. The van der Waals surface area contributed by atoms with Gasteiger partial charge in [-0.05, 0) is 61.2 Å². The Morgan fingerprint density at radius 1 is 1.00 bits per heavy atom. The molecule has 0 saturated heterocycles. The number of carbonyl (C=O) groups excluding carboxylic acids is 2. The molecule has 180 valence electrons. The van der Waals surface area contributed by atoms with Gasteiger partial charge in [-0.25, -0.2) is 4.98 Å². The Kier molecular flexibility index (Phi) is 5.48. The summed E-state index contributed by atoms with van der Waals surface area (Å²) in [6.07, 6.45) is 5.94. The minimum absolute atomic E-state index is 0.126. The van der Waals surface area contributed by atoms with Gasteiger partial charge < -0.3 is 14.8 Å². The first kappa shape index (κ1) is 22.0. The van der Waals surface area contributed by atoms with Gasteiger partial charge in [-0.1, -0.05) is 12.1 Å². The van der Waals surface area contributed by atoms with Crippen molar-refractivity contribution < 1.29 is 9.59 Å². The molecule has 0 aliphatic carbocycles. The molecular weight excluding hydrogens is 456 g/mol. The Hall–Kier alpha value is -4.47. The SMILES string of the molecule is C[C@H]1CCc2nnc(-c3cccc(NC(=O)c4cc5c(cn4)CCN(C(=O)c4ccccn4)C5)n3)n21. The topological polar surface area (TPSA) is 119 Å². The van der Waals surface area contributed by atoms with Gasteiger partial charge in [0, 0.05) is 37.9 Å². The van der Waals surface area contributed by atoms with E-state index in [9.17, 15) is 9.59 Å². The number of hydrogen-bond acceptors (Lipinski definition) is 7. The standard InChI is InChI=1S/C26H24N8O2/c1-16-8-9-23-31-32-24(34(16)23)19-6-4-7-22(29-19)30-25(35)21-13-18-15-33(12-10-17(18)14-28-21)26(36)20-5-2-3-11-27-20/h2-7,11,13-14,16H,8-10,12,15H2,1H3,(H,29,30,35)/t16-/m0/s1. The maximum Gasteiger partial charge on any atom is 0.275 e. The zero-order valence-electron chi connectivity index (χ0n) is 19.8. The number of fused-ring (bicyclic) bond motifs is 2. The maximum atomic E-state index is 13.0. The van der Waals surface area contributed by atoms with Crippen LogP contribution in [0.3, 0.4) is 0 Å². The maximum absolute atomic E-state index is 13.0. The number of nitrogens with one attached hydrogen (secondary N) is 1. The molecule has 10 heteroatoms. The van der Waals surface area contributed by atoms with E-state index in [1.165, 1.54) is 0 Å². The molecule has 4 aromatic heterocycles. The summed E-state index contributed by atoms with van der Waals surface area (Å²) in [7, 11) is 0. The van der Waals surface area contributed by atoms with Crippen LogP contribution in [0.25, 0.3) is 11.5 Å². The van der Waals surface area contributed by atoms with Crippen molar-refractivity contribution >= 4 is 17.6 Å². The van der Waals surface area contributed by atoms with E-state index in [0.717, 1.165) is 29.8 Å². The quantitative estimate of drug-likeness (QED) is 0.477. The Bertz CT molecular complexity index is 1470. The number of anilines is 1. The third kappa shape index (κ3) is 4.00. The summed E-state index contributed by atoms with van der Waals surface area (Å²) in [5.41, 5.74) is 3.27. The molecule has 1 atom stereocenters. The average Bonchev–Trinajstić information content (AvgIpc) is 3.51. The number of pyridine rings is 3. The molecular formula is C26H24N8O2. The van der Waals surface area contributed by atoms with E-state index >= 15 is 0 Å². The van der Waals surface area contributed by atoms with Gasteiger partial charge in [0.15, 0.2) is 5.82 Å². The molecule has 0 radical (unpaired) electrons. The van der Waals surface area contributed by atoms with Crippen LogP contribution in [0.5, 0.6) is 0 Å². The van der Waals surface area contributed by atoms with E-state index in [1.807, 2.05) is 12.1 Å². The predicted molar refractivity (Wildman–Crippen MR) is 131 cm³/mol. The molecule has 0 bridgehead atoms. The Morgan fingerprint density at radius 2 is 1.92 bits per heavy atom. The summed E-state index contributed by atoms with van der Waals surface area (Å²) in [6.45, 7) is 3.12. The fourth-order valence-electron chi connectivity index (χ4n) is 4.79. The van der Waals surface area contributed by atoms with E-state index in [4.69, 9.17) is 0 Å². The average molecular weight is 481 g/mol. The molecule has 2 aliphatic heterocycles. The van der Waals surface area contributed by atoms with Gasteiger partial charge in [-0.2, -0.15) is 0 Å². The van der Waals surface area contributed by atoms with Crippen molar-refractivity contribution in [2.24, 2.45) is 0 Å². The number of amides is 2. The molecule has 6 rings (SSSR count). The predicted octanol–water partition coefficient (Wildman–Crippen LogP) is 3.09. The summed E-state index contributed by atoms with van der Waals surface area (Å²) in [5, 5.41) is 11.4. The summed E-state index contributed by atoms with van der Waals surface area (Å²) < 4.78 is 2.11. The molecule has 1 N–H and O–H groups in total. The zero-order valence-corrected chi connectivity index (χ0v) is 19.8. The highest BCUT2D eigenvalue weighted by molar-refractivity contribution is 6.02. The first-order chi connectivity index (χ1) is 17.6. The summed E-state index contributed by atoms with van der Waals surface area (Å²) in [6, 6.07) is 12.8. The van der Waals surface area contributed by atoms with Crippen LogP contribution in [0, 0.1) is 0 Å². The van der Waals surface area contributed by atoms with Gasteiger partial charge in [-0.15, -0.1) is 10.2 Å². The molecule has 4 aromatic rings. The first-order valence-corrected chi connectivity index (χ1v) is 12.0. The minimum Gasteiger partial charge on any atom is -0.333 e. The summed E-state index contributed by atoms with van der Waals surface area (Å²) in [5.74, 6) is 1.58. The molecule has 2 aliphatic rings. The molecule has 0 aromatic carbocycles. The highest BCUT2D eigenvalue weighted by Crippen LogP contribution is 2.30. The Labute approximate surface area is 207 Å². The van der Waals surface area contributed by atoms with Crippen LogP contribution in [0.1, 0.15) is 57.3 Å². The van der Waals surface area contributed by atoms with Crippen LogP contribution in [-0.4, -0.2) is 53.0 Å². The van der Waals surface area contributed by atoms with Crippen molar-refractivity contribution in [2.75, 3.05) is 11.9 Å². The lowest BCUT2D eigenvalue weighted by Gasteiger charge is -2.28. The lowest BCUT2D eigenvalue weighted by Crippen LogP contribution is -2.36. The largest absolute Gasteiger partial charge is 0.333 e. The number of aromatic nitrogens is 6. The fraction of sp³-hybridized carbons (Fsp3) is 0.269. The van der Waals surface area contributed by atoms with Gasteiger partial charge in [0.05, 0.1) is 0 Å². The van der Waals surface area contributed by atoms with Crippen LogP contribution in [0.2, 0.25) is 0 Å². The van der Waals surface area contributed by atoms with Crippen LogP contribution in [-0.2, 0) is 19.4 Å². The molecule has 2 amide bonds. The normalized spacial score (nSPS) is 16.4. The van der Waals surface area contributed by atoms with Gasteiger partial charge in [0.1, 0.15) is 28.7 Å². The molecule has 6 heterocycles. The monoisotopic (exact) mass is 480 g/mol. The van der Waals surface area contributed by atoms with Crippen LogP contribution in [0.4, 0.5) is 5.82 Å². The van der Waals surface area contributed by atoms with Crippen molar-refractivity contribution in [2.45, 2.75) is 38.8 Å². The summed E-state index contributed by atoms with van der Waals surface area (Å²) in [4.78, 5) is 40.8. The minimum atomic E-state index is -0.365. The van der Waals surface area contributed by atoms with E-state index < -0.39 is 0 Å². The molecule has 10 nitrogen and oxygen atoms in total. The number of aryl methyl sites for hydroxylation is 1. The van der Waals surface area contributed by atoms with Gasteiger partial charge >= 0.3 is 0 Å². The van der Waals surface area contributed by atoms with Gasteiger partial charge in [0.2, 0.25) is 0 Å². The third-order valence-corrected chi connectivity index (χ3v) is 6.71. The zero-order chi connectivity index (χ0) is 24.6. The third-order valence-electron chi connectivity index (χ3n) is 6.71. The van der Waals surface area contributed by atoms with Crippen molar-refractivity contribution in [1.29, 1.82) is 0 Å². The molecule has 36 heavy (non-hydrogen) atoms.